The number of amides is 2. The minimum Gasteiger partial charge on any atom is -0.427 e. The summed E-state index contributed by atoms with van der Waals surface area (Å²) in [7, 11) is -3.76. The lowest BCUT2D eigenvalue weighted by molar-refractivity contribution is -0.131. The van der Waals surface area contributed by atoms with E-state index in [2.05, 4.69) is 15.4 Å². The van der Waals surface area contributed by atoms with Crippen molar-refractivity contribution in [3.63, 3.8) is 0 Å². The van der Waals surface area contributed by atoms with Gasteiger partial charge in [0.1, 0.15) is 5.75 Å². The molecule has 9 nitrogen and oxygen atoms in total. The molecule has 2 aromatic carbocycles. The van der Waals surface area contributed by atoms with Crippen LogP contribution < -0.4 is 20.1 Å². The van der Waals surface area contributed by atoms with Crippen LogP contribution in [0.2, 0.25) is 0 Å². The van der Waals surface area contributed by atoms with Gasteiger partial charge in [-0.05, 0) is 42.5 Å². The first kappa shape index (κ1) is 22.1. The van der Waals surface area contributed by atoms with Crippen molar-refractivity contribution < 1.29 is 27.5 Å². The zero-order valence-electron chi connectivity index (χ0n) is 15.9. The van der Waals surface area contributed by atoms with Crippen LogP contribution in [-0.4, -0.2) is 39.3 Å². The summed E-state index contributed by atoms with van der Waals surface area (Å²) in [5, 5.41) is 5.13. The zero-order chi connectivity index (χ0) is 21.4. The molecule has 0 atom stereocenters. The van der Waals surface area contributed by atoms with Gasteiger partial charge in [-0.2, -0.15) is 0 Å². The predicted molar refractivity (Wildman–Crippen MR) is 106 cm³/mol. The number of rotatable bonds is 8. The number of benzene rings is 2. The van der Waals surface area contributed by atoms with E-state index in [1.54, 1.807) is 18.2 Å². The largest absolute Gasteiger partial charge is 0.427 e. The minimum absolute atomic E-state index is 0.0227. The van der Waals surface area contributed by atoms with Gasteiger partial charge in [-0.25, -0.2) is 13.1 Å². The Morgan fingerprint density at radius 2 is 1.66 bits per heavy atom. The SMILES string of the molecule is CC(=O)Nc1ccc(S(=O)(=O)NCCNC(=O)c2cccc(OC(C)=O)c2)cc1. The van der Waals surface area contributed by atoms with Crippen LogP contribution in [0.25, 0.3) is 0 Å². The van der Waals surface area contributed by atoms with Crippen LogP contribution >= 0.6 is 0 Å². The summed E-state index contributed by atoms with van der Waals surface area (Å²) in [6, 6.07) is 11.8. The third-order valence-corrected chi connectivity index (χ3v) is 5.02. The standard InChI is InChI=1S/C19H21N3O6S/c1-13(23)22-16-6-8-18(9-7-16)29(26,27)21-11-10-20-19(25)15-4-3-5-17(12-15)28-14(2)24/h3-9,12,21H,10-11H2,1-2H3,(H,20,25)(H,22,23). The third kappa shape index (κ3) is 7.01. The molecule has 0 bridgehead atoms. The van der Waals surface area contributed by atoms with Gasteiger partial charge in [-0.3, -0.25) is 14.4 Å². The van der Waals surface area contributed by atoms with Crippen LogP contribution in [0.15, 0.2) is 53.4 Å². The van der Waals surface area contributed by atoms with Gasteiger partial charge < -0.3 is 15.4 Å². The molecule has 0 aromatic heterocycles. The van der Waals surface area contributed by atoms with Gasteiger partial charge in [0.05, 0.1) is 4.90 Å². The molecule has 0 aliphatic heterocycles. The summed E-state index contributed by atoms with van der Waals surface area (Å²) < 4.78 is 31.8. The number of hydrogen-bond donors (Lipinski definition) is 3. The van der Waals surface area contributed by atoms with Gasteiger partial charge in [0.2, 0.25) is 15.9 Å². The Bertz CT molecular complexity index is 1000. The van der Waals surface area contributed by atoms with Crippen LogP contribution in [0.1, 0.15) is 24.2 Å². The number of ether oxygens (including phenoxy) is 1. The van der Waals surface area contributed by atoms with Crippen molar-refractivity contribution in [3.05, 3.63) is 54.1 Å². The molecule has 0 saturated carbocycles. The molecule has 3 N–H and O–H groups in total. The van der Waals surface area contributed by atoms with Gasteiger partial charge in [0, 0.05) is 38.2 Å². The van der Waals surface area contributed by atoms with Crippen molar-refractivity contribution in [3.8, 4) is 5.75 Å². The van der Waals surface area contributed by atoms with Crippen molar-refractivity contribution >= 4 is 33.5 Å². The number of anilines is 1. The maximum atomic E-state index is 12.3. The number of nitrogens with one attached hydrogen (secondary N) is 3. The summed E-state index contributed by atoms with van der Waals surface area (Å²) in [4.78, 5) is 34.1. The van der Waals surface area contributed by atoms with E-state index in [1.807, 2.05) is 0 Å². The van der Waals surface area contributed by atoms with Crippen molar-refractivity contribution in [2.45, 2.75) is 18.7 Å². The third-order valence-electron chi connectivity index (χ3n) is 3.55. The van der Waals surface area contributed by atoms with E-state index >= 15 is 0 Å². The number of sulfonamides is 1. The topological polar surface area (TPSA) is 131 Å². The van der Waals surface area contributed by atoms with Gasteiger partial charge in [-0.1, -0.05) is 6.07 Å². The predicted octanol–water partition coefficient (Wildman–Crippen LogP) is 1.28. The van der Waals surface area contributed by atoms with Gasteiger partial charge in [-0.15, -0.1) is 0 Å². The van der Waals surface area contributed by atoms with Crippen molar-refractivity contribution in [2.24, 2.45) is 0 Å². The van der Waals surface area contributed by atoms with E-state index < -0.39 is 21.9 Å². The fourth-order valence-corrected chi connectivity index (χ4v) is 3.37. The maximum absolute atomic E-state index is 12.3. The first-order valence-electron chi connectivity index (χ1n) is 8.61. The van der Waals surface area contributed by atoms with E-state index in [1.165, 1.54) is 44.2 Å². The summed E-state index contributed by atoms with van der Waals surface area (Å²) in [6.07, 6.45) is 0. The zero-order valence-corrected chi connectivity index (χ0v) is 16.7. The normalized spacial score (nSPS) is 10.8. The number of hydrogen-bond acceptors (Lipinski definition) is 6. The highest BCUT2D eigenvalue weighted by molar-refractivity contribution is 7.89. The van der Waals surface area contributed by atoms with E-state index in [0.717, 1.165) is 0 Å². The highest BCUT2D eigenvalue weighted by atomic mass is 32.2. The Morgan fingerprint density at radius 3 is 2.28 bits per heavy atom. The quantitative estimate of drug-likeness (QED) is 0.336. The second-order valence-corrected chi connectivity index (χ2v) is 7.75. The van der Waals surface area contributed by atoms with Crippen molar-refractivity contribution in [2.75, 3.05) is 18.4 Å². The fourth-order valence-electron chi connectivity index (χ4n) is 2.33. The molecule has 0 fully saturated rings. The summed E-state index contributed by atoms with van der Waals surface area (Å²) >= 11 is 0. The lowest BCUT2D eigenvalue weighted by Gasteiger charge is -2.09. The van der Waals surface area contributed by atoms with Crippen LogP contribution in [0.3, 0.4) is 0 Å². The molecule has 2 rings (SSSR count). The first-order valence-corrected chi connectivity index (χ1v) is 10.1. The van der Waals surface area contributed by atoms with E-state index in [-0.39, 0.29) is 35.2 Å². The summed E-state index contributed by atoms with van der Waals surface area (Å²) in [5.74, 6) is -0.943. The highest BCUT2D eigenvalue weighted by Crippen LogP contribution is 2.14. The molecule has 2 aromatic rings. The van der Waals surface area contributed by atoms with Gasteiger partial charge >= 0.3 is 5.97 Å². The van der Waals surface area contributed by atoms with Crippen molar-refractivity contribution in [1.82, 2.24) is 10.0 Å². The number of esters is 1. The second kappa shape index (κ2) is 9.80. The van der Waals surface area contributed by atoms with E-state index in [9.17, 15) is 22.8 Å². The minimum atomic E-state index is -3.76. The molecular weight excluding hydrogens is 398 g/mol. The van der Waals surface area contributed by atoms with E-state index in [4.69, 9.17) is 4.74 Å². The average molecular weight is 419 g/mol. The fraction of sp³-hybridized carbons (Fsp3) is 0.211. The molecule has 0 unspecified atom stereocenters. The lowest BCUT2D eigenvalue weighted by Crippen LogP contribution is -2.34. The first-order chi connectivity index (χ1) is 13.7. The van der Waals surface area contributed by atoms with Crippen LogP contribution in [0.4, 0.5) is 5.69 Å². The Balaban J connectivity index is 1.86. The monoisotopic (exact) mass is 419 g/mol. The molecule has 0 heterocycles. The average Bonchev–Trinajstić information content (AvgIpc) is 2.65. The van der Waals surface area contributed by atoms with Crippen molar-refractivity contribution in [1.29, 1.82) is 0 Å². The molecule has 0 aliphatic rings. The Morgan fingerprint density at radius 1 is 0.966 bits per heavy atom. The molecule has 0 radical (unpaired) electrons. The molecular formula is C19H21N3O6S. The lowest BCUT2D eigenvalue weighted by atomic mass is 10.2. The van der Waals surface area contributed by atoms with Crippen LogP contribution in [-0.2, 0) is 19.6 Å². The number of carbonyl (C=O) groups excluding carboxylic acids is 3. The van der Waals surface area contributed by atoms with Gasteiger partial charge in [0.15, 0.2) is 0 Å². The second-order valence-electron chi connectivity index (χ2n) is 5.98. The smallest absolute Gasteiger partial charge is 0.308 e. The highest BCUT2D eigenvalue weighted by Gasteiger charge is 2.14. The molecule has 2 amide bonds. The molecule has 0 spiro atoms. The molecule has 0 aliphatic carbocycles. The maximum Gasteiger partial charge on any atom is 0.308 e. The number of carbonyl (C=O) groups is 3. The van der Waals surface area contributed by atoms with E-state index in [0.29, 0.717) is 5.69 Å². The molecule has 29 heavy (non-hydrogen) atoms. The van der Waals surface area contributed by atoms with Crippen LogP contribution in [0, 0.1) is 0 Å². The summed E-state index contributed by atoms with van der Waals surface area (Å²) in [6.45, 7) is 2.64. The Labute approximate surface area is 168 Å². The van der Waals surface area contributed by atoms with Gasteiger partial charge in [0.25, 0.3) is 5.91 Å². The molecule has 154 valence electrons. The molecule has 0 saturated heterocycles. The molecule has 10 heteroatoms. The van der Waals surface area contributed by atoms with Crippen LogP contribution in [0.5, 0.6) is 5.75 Å². The Kier molecular flexibility index (Phi) is 7.46. The summed E-state index contributed by atoms with van der Waals surface area (Å²) in [5.41, 5.74) is 0.764. The Hall–Kier alpha value is -3.24.